The van der Waals surface area contributed by atoms with Crippen LogP contribution < -0.4 is 5.32 Å². The van der Waals surface area contributed by atoms with E-state index in [1.54, 1.807) is 12.1 Å². The first-order chi connectivity index (χ1) is 9.15. The molecule has 3 rings (SSSR count). The second-order valence-electron chi connectivity index (χ2n) is 5.42. The number of hydrogen-bond donors (Lipinski definition) is 1. The number of nitro benzene ring substituents is 1. The van der Waals surface area contributed by atoms with Gasteiger partial charge in [0.1, 0.15) is 0 Å². The van der Waals surface area contributed by atoms with Gasteiger partial charge in [-0.05, 0) is 31.7 Å². The maximum Gasteiger partial charge on any atom is 0.272 e. The van der Waals surface area contributed by atoms with E-state index in [4.69, 9.17) is 4.74 Å². The van der Waals surface area contributed by atoms with Gasteiger partial charge in [0.05, 0.1) is 17.1 Å². The smallest absolute Gasteiger partial charge is 0.272 e. The summed E-state index contributed by atoms with van der Waals surface area (Å²) in [4.78, 5) is 10.6. The highest BCUT2D eigenvalue weighted by Crippen LogP contribution is 2.34. The van der Waals surface area contributed by atoms with Gasteiger partial charge in [0.25, 0.3) is 5.69 Å². The fourth-order valence-electron chi connectivity index (χ4n) is 3.15. The monoisotopic (exact) mass is 262 g/mol. The summed E-state index contributed by atoms with van der Waals surface area (Å²) < 4.78 is 5.79. The van der Waals surface area contributed by atoms with Gasteiger partial charge >= 0.3 is 0 Å². The van der Waals surface area contributed by atoms with Crippen molar-refractivity contribution in [3.63, 3.8) is 0 Å². The summed E-state index contributed by atoms with van der Waals surface area (Å²) in [7, 11) is 0. The zero-order chi connectivity index (χ0) is 13.4. The highest BCUT2D eigenvalue weighted by Gasteiger charge is 2.40. The van der Waals surface area contributed by atoms with Crippen molar-refractivity contribution in [1.82, 2.24) is 5.32 Å². The van der Waals surface area contributed by atoms with Gasteiger partial charge in [-0.25, -0.2) is 0 Å². The number of ether oxygens (including phenoxy) is 1. The first-order valence-electron chi connectivity index (χ1n) is 6.77. The van der Waals surface area contributed by atoms with Crippen molar-refractivity contribution in [3.8, 4) is 0 Å². The van der Waals surface area contributed by atoms with Crippen molar-refractivity contribution in [2.45, 2.75) is 51.0 Å². The molecule has 5 nitrogen and oxygen atoms in total. The highest BCUT2D eigenvalue weighted by molar-refractivity contribution is 5.44. The van der Waals surface area contributed by atoms with Gasteiger partial charge in [-0.3, -0.25) is 10.1 Å². The van der Waals surface area contributed by atoms with Gasteiger partial charge in [0, 0.05) is 24.2 Å². The summed E-state index contributed by atoms with van der Waals surface area (Å²) >= 11 is 0. The third-order valence-corrected chi connectivity index (χ3v) is 4.27. The van der Waals surface area contributed by atoms with Gasteiger partial charge < -0.3 is 10.1 Å². The summed E-state index contributed by atoms with van der Waals surface area (Å²) in [5, 5.41) is 14.4. The molecule has 5 heteroatoms. The molecule has 3 unspecified atom stereocenters. The SMILES string of the molecule is Cc1c(CNC2CC3CCC2O3)cccc1[N+](=O)[O-]. The van der Waals surface area contributed by atoms with Gasteiger partial charge in [0.15, 0.2) is 0 Å². The second kappa shape index (κ2) is 4.90. The molecule has 1 aromatic carbocycles. The normalized spacial score (nSPS) is 28.8. The molecule has 2 fully saturated rings. The third-order valence-electron chi connectivity index (χ3n) is 4.27. The highest BCUT2D eigenvalue weighted by atomic mass is 16.6. The molecule has 1 N–H and O–H groups in total. The molecule has 2 aliphatic rings. The molecular formula is C14H18N2O3. The Morgan fingerprint density at radius 3 is 2.95 bits per heavy atom. The lowest BCUT2D eigenvalue weighted by atomic mass is 9.95. The van der Waals surface area contributed by atoms with E-state index in [2.05, 4.69) is 5.32 Å². The van der Waals surface area contributed by atoms with E-state index in [0.717, 1.165) is 24.0 Å². The van der Waals surface area contributed by atoms with E-state index in [1.165, 1.54) is 6.42 Å². The second-order valence-corrected chi connectivity index (χ2v) is 5.42. The Hall–Kier alpha value is -1.46. The van der Waals surface area contributed by atoms with Crippen molar-refractivity contribution in [3.05, 3.63) is 39.4 Å². The first-order valence-corrected chi connectivity index (χ1v) is 6.77. The Morgan fingerprint density at radius 1 is 1.47 bits per heavy atom. The summed E-state index contributed by atoms with van der Waals surface area (Å²) in [5.41, 5.74) is 1.95. The molecule has 3 atom stereocenters. The Labute approximate surface area is 112 Å². The molecule has 0 aliphatic carbocycles. The zero-order valence-corrected chi connectivity index (χ0v) is 11.0. The largest absolute Gasteiger partial charge is 0.373 e. The fourth-order valence-corrected chi connectivity index (χ4v) is 3.15. The Morgan fingerprint density at radius 2 is 2.32 bits per heavy atom. The van der Waals surface area contributed by atoms with E-state index >= 15 is 0 Å². The predicted octanol–water partition coefficient (Wildman–Crippen LogP) is 2.31. The lowest BCUT2D eigenvalue weighted by Gasteiger charge is -2.20. The minimum absolute atomic E-state index is 0.198. The quantitative estimate of drug-likeness (QED) is 0.668. The van der Waals surface area contributed by atoms with E-state index < -0.39 is 0 Å². The minimum atomic E-state index is -0.320. The van der Waals surface area contributed by atoms with E-state index in [1.807, 2.05) is 13.0 Å². The number of rotatable bonds is 4. The van der Waals surface area contributed by atoms with Crippen LogP contribution in [0.25, 0.3) is 0 Å². The minimum Gasteiger partial charge on any atom is -0.373 e. The zero-order valence-electron chi connectivity index (χ0n) is 11.0. The number of benzene rings is 1. The molecule has 2 bridgehead atoms. The van der Waals surface area contributed by atoms with Crippen LogP contribution in [-0.2, 0) is 11.3 Å². The fraction of sp³-hybridized carbons (Fsp3) is 0.571. The van der Waals surface area contributed by atoms with Gasteiger partial charge in [-0.2, -0.15) is 0 Å². The molecule has 0 radical (unpaired) electrons. The Balaban J connectivity index is 1.67. The standard InChI is InChI=1S/C14H18N2O3/c1-9-10(3-2-4-13(9)16(17)18)8-15-12-7-11-5-6-14(12)19-11/h2-4,11-12,14-15H,5-8H2,1H3. The van der Waals surface area contributed by atoms with Crippen LogP contribution in [0.3, 0.4) is 0 Å². The molecule has 102 valence electrons. The van der Waals surface area contributed by atoms with Crippen LogP contribution in [0, 0.1) is 17.0 Å². The van der Waals surface area contributed by atoms with E-state index in [9.17, 15) is 10.1 Å². The predicted molar refractivity (Wildman–Crippen MR) is 71.0 cm³/mol. The van der Waals surface area contributed by atoms with Crippen molar-refractivity contribution >= 4 is 5.69 Å². The molecule has 19 heavy (non-hydrogen) atoms. The van der Waals surface area contributed by atoms with Gasteiger partial charge in [0.2, 0.25) is 0 Å². The van der Waals surface area contributed by atoms with E-state index in [-0.39, 0.29) is 10.6 Å². The molecular weight excluding hydrogens is 244 g/mol. The first kappa shape index (κ1) is 12.6. The van der Waals surface area contributed by atoms with Crippen LogP contribution in [-0.4, -0.2) is 23.2 Å². The number of nitrogens with zero attached hydrogens (tertiary/aromatic N) is 1. The average molecular weight is 262 g/mol. The molecule has 0 spiro atoms. The van der Waals surface area contributed by atoms with Crippen LogP contribution >= 0.6 is 0 Å². The third kappa shape index (κ3) is 2.35. The number of fused-ring (bicyclic) bond motifs is 2. The van der Waals surface area contributed by atoms with Crippen LogP contribution in [0.1, 0.15) is 30.4 Å². The summed E-state index contributed by atoms with van der Waals surface area (Å²) in [6.45, 7) is 2.48. The summed E-state index contributed by atoms with van der Waals surface area (Å²) in [6.07, 6.45) is 4.14. The van der Waals surface area contributed by atoms with Crippen LogP contribution in [0.5, 0.6) is 0 Å². The van der Waals surface area contributed by atoms with Crippen molar-refractivity contribution in [2.75, 3.05) is 0 Å². The maximum atomic E-state index is 10.9. The molecule has 1 aromatic rings. The van der Waals surface area contributed by atoms with Gasteiger partial charge in [-0.15, -0.1) is 0 Å². The lowest BCUT2D eigenvalue weighted by molar-refractivity contribution is -0.385. The topological polar surface area (TPSA) is 64.4 Å². The Bertz CT molecular complexity index is 503. The summed E-state index contributed by atoms with van der Waals surface area (Å²) in [6, 6.07) is 5.65. The van der Waals surface area contributed by atoms with E-state index in [0.29, 0.717) is 24.8 Å². The average Bonchev–Trinajstić information content (AvgIpc) is 2.99. The molecule has 0 aromatic heterocycles. The number of hydrogen-bond acceptors (Lipinski definition) is 4. The Kier molecular flexibility index (Phi) is 3.24. The molecule has 0 amide bonds. The van der Waals surface area contributed by atoms with Crippen molar-refractivity contribution in [1.29, 1.82) is 0 Å². The van der Waals surface area contributed by atoms with Crippen molar-refractivity contribution < 1.29 is 9.66 Å². The summed E-state index contributed by atoms with van der Waals surface area (Å²) in [5.74, 6) is 0. The maximum absolute atomic E-state index is 10.9. The molecule has 2 aliphatic heterocycles. The molecule has 2 heterocycles. The van der Waals surface area contributed by atoms with Crippen molar-refractivity contribution in [2.24, 2.45) is 0 Å². The van der Waals surface area contributed by atoms with Crippen LogP contribution in [0.4, 0.5) is 5.69 Å². The van der Waals surface area contributed by atoms with Crippen LogP contribution in [0.2, 0.25) is 0 Å². The van der Waals surface area contributed by atoms with Gasteiger partial charge in [-0.1, -0.05) is 12.1 Å². The number of nitrogens with one attached hydrogen (secondary N) is 1. The number of nitro groups is 1. The molecule has 2 saturated heterocycles. The van der Waals surface area contributed by atoms with Crippen LogP contribution in [0.15, 0.2) is 18.2 Å². The molecule has 0 saturated carbocycles. The lowest BCUT2D eigenvalue weighted by Crippen LogP contribution is -2.37.